The second-order valence-electron chi connectivity index (χ2n) is 1.86. The first-order chi connectivity index (χ1) is 5.60. The van der Waals surface area contributed by atoms with Crippen molar-refractivity contribution in [1.29, 1.82) is 0 Å². The van der Waals surface area contributed by atoms with E-state index in [-0.39, 0.29) is 131 Å². The third kappa shape index (κ3) is 18.6. The summed E-state index contributed by atoms with van der Waals surface area (Å²) >= 11 is 0. The van der Waals surface area contributed by atoms with Crippen LogP contribution in [0.3, 0.4) is 0 Å². The van der Waals surface area contributed by atoms with Crippen LogP contribution in [0.15, 0.2) is 0 Å². The first kappa shape index (κ1) is 30.9. The smallest absolute Gasteiger partial charge is 1.00 e. The molecule has 0 aromatic carbocycles. The molecule has 0 aromatic rings. The fraction of sp³-hybridized carbons (Fsp3) is 0.667. The molecule has 0 aliphatic heterocycles. The predicted octanol–water partition coefficient (Wildman–Crippen LogP) is -3.89. The second kappa shape index (κ2) is 19.6. The van der Waals surface area contributed by atoms with E-state index in [4.69, 9.17) is 0 Å². The van der Waals surface area contributed by atoms with Crippen molar-refractivity contribution in [3.05, 3.63) is 0 Å². The van der Waals surface area contributed by atoms with Gasteiger partial charge in [-0.05, 0) is 0 Å². The van der Waals surface area contributed by atoms with Gasteiger partial charge in [0.15, 0.2) is 0 Å². The molecule has 0 amide bonds. The largest absolute Gasteiger partial charge is 1.00 e. The van der Waals surface area contributed by atoms with Gasteiger partial charge in [-0.25, -0.2) is 9.59 Å². The molecule has 0 unspecified atom stereocenters. The molecule has 0 saturated carbocycles. The van der Waals surface area contributed by atoms with E-state index in [2.05, 4.69) is 9.05 Å². The van der Waals surface area contributed by atoms with Gasteiger partial charge in [0.1, 0.15) is 0 Å². The van der Waals surface area contributed by atoms with Gasteiger partial charge in [0.2, 0.25) is 0 Å². The van der Waals surface area contributed by atoms with E-state index in [0.717, 1.165) is 0 Å². The van der Waals surface area contributed by atoms with Crippen molar-refractivity contribution < 1.29 is 129 Å². The predicted molar refractivity (Wildman–Crippen MR) is 52.6 cm³/mol. The van der Waals surface area contributed by atoms with Gasteiger partial charge in [0.05, 0.1) is 0 Å². The minimum Gasteiger partial charge on any atom is -1.00 e. The minimum atomic E-state index is -2.62. The summed E-state index contributed by atoms with van der Waals surface area (Å²) in [6, 6.07) is 0. The second-order valence-corrected chi connectivity index (χ2v) is 2.67. The van der Waals surface area contributed by atoms with Crippen molar-refractivity contribution in [3.63, 3.8) is 0 Å². The minimum absolute atomic E-state index is 0. The molecule has 0 radical (unpaired) electrons. The Kier molecular flexibility index (Phi) is 37.8. The normalized spacial score (nSPS) is 6.62. The Bertz CT molecular complexity index is 206. The molecule has 10 heteroatoms. The quantitative estimate of drug-likeness (QED) is 0.400. The molecule has 16 heavy (non-hydrogen) atoms. The summed E-state index contributed by atoms with van der Waals surface area (Å²) in [5.74, 6) is -1.31. The Morgan fingerprint density at radius 3 is 1.44 bits per heavy atom. The van der Waals surface area contributed by atoms with E-state index in [9.17, 15) is 14.2 Å². The maximum Gasteiger partial charge on any atom is 1.00 e. The molecule has 0 aliphatic rings. The average Bonchev–Trinajstić information content (AvgIpc) is 2.03. The first-order valence-corrected chi connectivity index (χ1v) is 4.58. The summed E-state index contributed by atoms with van der Waals surface area (Å²) in [5, 5.41) is 0. The summed E-state index contributed by atoms with van der Waals surface area (Å²) < 4.78 is 19.0. The Morgan fingerprint density at radius 2 is 1.25 bits per heavy atom. The molecular formula is C6H18K2N2O5P+. The SMILES string of the molecule is CCC(=O)O[P+](=O)OC(=O)CC.N.N.[H-].[H-].[K+].[K+]. The Labute approximate surface area is 184 Å². The number of hydrogen-bond acceptors (Lipinski definition) is 7. The zero-order valence-electron chi connectivity index (χ0n) is 12.3. The van der Waals surface area contributed by atoms with Crippen LogP contribution in [-0.2, 0) is 23.2 Å². The molecule has 0 aliphatic carbocycles. The Morgan fingerprint density at radius 1 is 1.00 bits per heavy atom. The summed E-state index contributed by atoms with van der Waals surface area (Å²) in [6.45, 7) is 3.10. The van der Waals surface area contributed by atoms with E-state index in [0.29, 0.717) is 0 Å². The monoisotopic (exact) mass is 307 g/mol. The molecule has 0 spiro atoms. The number of hydrogen-bond donors (Lipinski definition) is 2. The van der Waals surface area contributed by atoms with Crippen LogP contribution < -0.4 is 115 Å². The van der Waals surface area contributed by atoms with E-state index in [1.807, 2.05) is 0 Å². The fourth-order valence-electron chi connectivity index (χ4n) is 0.314. The molecule has 0 bridgehead atoms. The molecule has 0 heterocycles. The molecule has 0 atom stereocenters. The molecular weight excluding hydrogens is 289 g/mol. The van der Waals surface area contributed by atoms with Crippen molar-refractivity contribution in [2.45, 2.75) is 26.7 Å². The molecule has 0 fully saturated rings. The zero-order chi connectivity index (χ0) is 9.56. The van der Waals surface area contributed by atoms with E-state index in [1.165, 1.54) is 0 Å². The fourth-order valence-corrected chi connectivity index (χ4v) is 0.942. The molecule has 0 aromatic heterocycles. The molecule has 88 valence electrons. The Hall–Kier alpha value is 2.23. The van der Waals surface area contributed by atoms with Gasteiger partial charge in [-0.1, -0.05) is 13.8 Å². The number of carbonyl (C=O) groups is 2. The summed E-state index contributed by atoms with van der Waals surface area (Å²) in [4.78, 5) is 21.0. The Balaban J connectivity index is -0.0000000403. The van der Waals surface area contributed by atoms with Crippen molar-refractivity contribution >= 4 is 20.2 Å². The summed E-state index contributed by atoms with van der Waals surface area (Å²) in [7, 11) is -2.62. The van der Waals surface area contributed by atoms with Crippen LogP contribution in [0.4, 0.5) is 0 Å². The van der Waals surface area contributed by atoms with Crippen LogP contribution in [0.25, 0.3) is 0 Å². The standard InChI is InChI=1S/C6H10O5P.2K.2H3N.2H/c1-3-5(7)10-12(9)11-6(8)4-2;;;;;;/h3-4H2,1-2H3;;;2*1H3;;/q3*+1;;;2*-1. The van der Waals surface area contributed by atoms with Crippen LogP contribution in [-0.4, -0.2) is 11.9 Å². The zero-order valence-corrected chi connectivity index (χ0v) is 17.5. The topological polar surface area (TPSA) is 140 Å². The number of carbonyl (C=O) groups excluding carboxylic acids is 2. The van der Waals surface area contributed by atoms with Gasteiger partial charge in [-0.3, -0.25) is 0 Å². The maximum atomic E-state index is 10.6. The molecule has 7 nitrogen and oxygen atoms in total. The van der Waals surface area contributed by atoms with Crippen LogP contribution in [0.2, 0.25) is 0 Å². The third-order valence-corrected chi connectivity index (χ3v) is 1.64. The first-order valence-electron chi connectivity index (χ1n) is 3.49. The van der Waals surface area contributed by atoms with Gasteiger partial charge in [0, 0.05) is 17.4 Å². The molecule has 0 rings (SSSR count). The average molecular weight is 307 g/mol. The van der Waals surface area contributed by atoms with Gasteiger partial charge < -0.3 is 15.2 Å². The maximum absolute atomic E-state index is 10.6. The summed E-state index contributed by atoms with van der Waals surface area (Å²) in [6.07, 6.45) is 0.204. The van der Waals surface area contributed by atoms with Gasteiger partial charge >= 0.3 is 123 Å². The molecule has 6 N–H and O–H groups in total. The molecule has 0 saturated heterocycles. The number of rotatable bonds is 4. The van der Waals surface area contributed by atoms with Gasteiger partial charge in [-0.15, -0.1) is 0 Å². The van der Waals surface area contributed by atoms with E-state index < -0.39 is 20.2 Å². The van der Waals surface area contributed by atoms with Crippen molar-refractivity contribution in [1.82, 2.24) is 12.3 Å². The van der Waals surface area contributed by atoms with Crippen molar-refractivity contribution in [3.8, 4) is 0 Å². The van der Waals surface area contributed by atoms with Gasteiger partial charge in [0.25, 0.3) is 0 Å². The van der Waals surface area contributed by atoms with Crippen molar-refractivity contribution in [2.75, 3.05) is 0 Å². The third-order valence-electron chi connectivity index (χ3n) is 0.930. The van der Waals surface area contributed by atoms with Crippen LogP contribution in [0.5, 0.6) is 0 Å². The van der Waals surface area contributed by atoms with Crippen LogP contribution in [0, 0.1) is 0 Å². The van der Waals surface area contributed by atoms with Crippen LogP contribution >= 0.6 is 8.25 Å². The van der Waals surface area contributed by atoms with E-state index in [1.54, 1.807) is 13.8 Å². The van der Waals surface area contributed by atoms with Crippen LogP contribution in [0.1, 0.15) is 29.5 Å². The van der Waals surface area contributed by atoms with E-state index >= 15 is 0 Å². The van der Waals surface area contributed by atoms with Gasteiger partial charge in [-0.2, -0.15) is 9.05 Å². The summed E-state index contributed by atoms with van der Waals surface area (Å²) in [5.41, 5.74) is 0. The van der Waals surface area contributed by atoms with Crippen molar-refractivity contribution in [2.24, 2.45) is 0 Å².